The molecule has 0 aliphatic rings. The minimum absolute atomic E-state index is 0.428. The Balaban J connectivity index is 1.98. The number of nitrogens with one attached hydrogen (secondary N) is 1. The van der Waals surface area contributed by atoms with Gasteiger partial charge in [0.15, 0.2) is 0 Å². The van der Waals surface area contributed by atoms with Crippen LogP contribution in [0, 0.1) is 6.92 Å². The van der Waals surface area contributed by atoms with Gasteiger partial charge < -0.3 is 5.32 Å². The van der Waals surface area contributed by atoms with Crippen LogP contribution in [0.5, 0.6) is 0 Å². The third-order valence-electron chi connectivity index (χ3n) is 3.32. The van der Waals surface area contributed by atoms with Gasteiger partial charge in [0.2, 0.25) is 0 Å². The highest BCUT2D eigenvalue weighted by Crippen LogP contribution is 2.20. The molecule has 3 rings (SSSR count). The van der Waals surface area contributed by atoms with Crippen LogP contribution in [-0.2, 0) is 6.54 Å². The Morgan fingerprint density at radius 2 is 2.05 bits per heavy atom. The van der Waals surface area contributed by atoms with Crippen LogP contribution in [0.3, 0.4) is 0 Å². The van der Waals surface area contributed by atoms with E-state index in [1.54, 1.807) is 4.68 Å². The summed E-state index contributed by atoms with van der Waals surface area (Å²) in [6.07, 6.45) is 1.95. The molecule has 2 aromatic heterocycles. The number of rotatable bonds is 4. The lowest BCUT2D eigenvalue weighted by atomic mass is 10.2. The molecule has 0 unspecified atom stereocenters. The number of aromatic nitrogens is 4. The smallest absolute Gasteiger partial charge is 0.0969 e. The number of benzene rings is 1. The molecule has 1 N–H and O–H groups in total. The fourth-order valence-electron chi connectivity index (χ4n) is 2.22. The lowest BCUT2D eigenvalue weighted by Gasteiger charge is -2.06. The van der Waals surface area contributed by atoms with Crippen LogP contribution in [0.1, 0.15) is 25.2 Å². The highest BCUT2D eigenvalue weighted by Gasteiger charge is 2.08. The van der Waals surface area contributed by atoms with Gasteiger partial charge in [0.1, 0.15) is 0 Å². The first-order valence-corrected chi connectivity index (χ1v) is 7.15. The monoisotopic (exact) mass is 281 g/mol. The second-order valence-corrected chi connectivity index (χ2v) is 5.49. The molecule has 3 aromatic rings. The maximum atomic E-state index is 4.63. The van der Waals surface area contributed by atoms with Gasteiger partial charge in [-0.2, -0.15) is 0 Å². The predicted molar refractivity (Wildman–Crippen MR) is 83.4 cm³/mol. The third kappa shape index (κ3) is 2.92. The Morgan fingerprint density at radius 1 is 1.19 bits per heavy atom. The number of nitrogens with zero attached hydrogens (tertiary/aromatic N) is 4. The second kappa shape index (κ2) is 5.61. The first-order valence-electron chi connectivity index (χ1n) is 7.15. The van der Waals surface area contributed by atoms with Crippen molar-refractivity contribution in [1.29, 1.82) is 0 Å². The summed E-state index contributed by atoms with van der Waals surface area (Å²) in [5.74, 6) is 0. The molecule has 0 bridgehead atoms. The average molecular weight is 281 g/mol. The molecule has 0 atom stereocenters. The van der Waals surface area contributed by atoms with Gasteiger partial charge in [0.05, 0.1) is 23.1 Å². The quantitative estimate of drug-likeness (QED) is 0.798. The van der Waals surface area contributed by atoms with E-state index in [9.17, 15) is 0 Å². The first-order chi connectivity index (χ1) is 10.1. The van der Waals surface area contributed by atoms with Gasteiger partial charge in [-0.25, -0.2) is 4.68 Å². The van der Waals surface area contributed by atoms with Gasteiger partial charge in [0.25, 0.3) is 0 Å². The molecule has 108 valence electrons. The number of aryl methyl sites for hydroxylation is 1. The fraction of sp³-hybridized carbons (Fsp3) is 0.312. The summed E-state index contributed by atoms with van der Waals surface area (Å²) in [5.41, 5.74) is 3.83. The highest BCUT2D eigenvalue weighted by molar-refractivity contribution is 5.86. The van der Waals surface area contributed by atoms with E-state index in [2.05, 4.69) is 46.6 Å². The van der Waals surface area contributed by atoms with Crippen LogP contribution in [0.4, 0.5) is 0 Å². The normalized spacial score (nSPS) is 11.4. The second-order valence-electron chi connectivity index (χ2n) is 5.49. The molecule has 0 saturated carbocycles. The van der Waals surface area contributed by atoms with E-state index >= 15 is 0 Å². The number of hydrogen-bond donors (Lipinski definition) is 1. The van der Waals surface area contributed by atoms with Crippen LogP contribution in [0.2, 0.25) is 0 Å². The molecule has 5 nitrogen and oxygen atoms in total. The number of fused-ring (bicyclic) bond motifs is 1. The standard InChI is InChI=1S/C16H19N5/c1-11(2)17-9-14-10-21(20-19-14)15-6-4-5-13-8-7-12(3)18-16(13)15/h4-8,10-11,17H,9H2,1-3H3. The topological polar surface area (TPSA) is 55.6 Å². The van der Waals surface area contributed by atoms with E-state index in [4.69, 9.17) is 0 Å². The highest BCUT2D eigenvalue weighted by atomic mass is 15.4. The van der Waals surface area contributed by atoms with Crippen molar-refractivity contribution in [1.82, 2.24) is 25.3 Å². The van der Waals surface area contributed by atoms with Gasteiger partial charge in [-0.05, 0) is 19.1 Å². The zero-order valence-electron chi connectivity index (χ0n) is 12.5. The molecule has 1 aromatic carbocycles. The summed E-state index contributed by atoms with van der Waals surface area (Å²) >= 11 is 0. The minimum atomic E-state index is 0.428. The maximum absolute atomic E-state index is 4.63. The third-order valence-corrected chi connectivity index (χ3v) is 3.32. The summed E-state index contributed by atoms with van der Waals surface area (Å²) in [5, 5.41) is 12.9. The largest absolute Gasteiger partial charge is 0.309 e. The van der Waals surface area contributed by atoms with Crippen LogP contribution in [0.25, 0.3) is 16.6 Å². The SMILES string of the molecule is Cc1ccc2cccc(-n3cc(CNC(C)C)nn3)c2n1. The Morgan fingerprint density at radius 3 is 2.86 bits per heavy atom. The molecule has 21 heavy (non-hydrogen) atoms. The molecule has 0 fully saturated rings. The van der Waals surface area contributed by atoms with E-state index < -0.39 is 0 Å². The Hall–Kier alpha value is -2.27. The molecule has 2 heterocycles. The van der Waals surface area contributed by atoms with Crippen molar-refractivity contribution < 1.29 is 0 Å². The van der Waals surface area contributed by atoms with Gasteiger partial charge in [-0.15, -0.1) is 5.10 Å². The number of para-hydroxylation sites is 1. The molecular weight excluding hydrogens is 262 g/mol. The zero-order chi connectivity index (χ0) is 14.8. The molecule has 0 saturated heterocycles. The van der Waals surface area contributed by atoms with Gasteiger partial charge >= 0.3 is 0 Å². The number of hydrogen-bond acceptors (Lipinski definition) is 4. The Kier molecular flexibility index (Phi) is 3.66. The molecule has 0 radical (unpaired) electrons. The molecule has 0 amide bonds. The number of pyridine rings is 1. The summed E-state index contributed by atoms with van der Waals surface area (Å²) in [4.78, 5) is 4.63. The van der Waals surface area contributed by atoms with Gasteiger partial charge in [-0.3, -0.25) is 4.98 Å². The zero-order valence-corrected chi connectivity index (χ0v) is 12.5. The molecule has 0 aliphatic carbocycles. The van der Waals surface area contributed by atoms with Crippen molar-refractivity contribution in [2.24, 2.45) is 0 Å². The average Bonchev–Trinajstić information content (AvgIpc) is 2.93. The van der Waals surface area contributed by atoms with Crippen molar-refractivity contribution in [3.8, 4) is 5.69 Å². The lowest BCUT2D eigenvalue weighted by Crippen LogP contribution is -2.21. The summed E-state index contributed by atoms with van der Waals surface area (Å²) in [6, 6.07) is 10.6. The summed E-state index contributed by atoms with van der Waals surface area (Å²) < 4.78 is 1.80. The minimum Gasteiger partial charge on any atom is -0.309 e. The van der Waals surface area contributed by atoms with Crippen LogP contribution >= 0.6 is 0 Å². The Labute approximate surface area is 124 Å². The van der Waals surface area contributed by atoms with E-state index in [1.807, 2.05) is 31.3 Å². The van der Waals surface area contributed by atoms with Gasteiger partial charge in [-0.1, -0.05) is 37.3 Å². The van der Waals surface area contributed by atoms with Crippen molar-refractivity contribution >= 4 is 10.9 Å². The Bertz CT molecular complexity index is 760. The van der Waals surface area contributed by atoms with Gasteiger partial charge in [0, 0.05) is 23.7 Å². The van der Waals surface area contributed by atoms with Crippen molar-refractivity contribution in [2.45, 2.75) is 33.4 Å². The molecule has 5 heteroatoms. The summed E-state index contributed by atoms with van der Waals surface area (Å²) in [7, 11) is 0. The predicted octanol–water partition coefficient (Wildman–Crippen LogP) is 2.62. The molecule has 0 aliphatic heterocycles. The van der Waals surface area contributed by atoms with E-state index in [1.165, 1.54) is 0 Å². The van der Waals surface area contributed by atoms with E-state index in [0.717, 1.165) is 34.5 Å². The van der Waals surface area contributed by atoms with Crippen molar-refractivity contribution in [3.05, 3.63) is 47.9 Å². The maximum Gasteiger partial charge on any atom is 0.0969 e. The molecule has 0 spiro atoms. The van der Waals surface area contributed by atoms with Crippen molar-refractivity contribution in [2.75, 3.05) is 0 Å². The van der Waals surface area contributed by atoms with Crippen LogP contribution < -0.4 is 5.32 Å². The van der Waals surface area contributed by atoms with E-state index in [0.29, 0.717) is 6.04 Å². The van der Waals surface area contributed by atoms with E-state index in [-0.39, 0.29) is 0 Å². The first kappa shape index (κ1) is 13.7. The van der Waals surface area contributed by atoms with Crippen LogP contribution in [0.15, 0.2) is 36.5 Å². The van der Waals surface area contributed by atoms with Crippen LogP contribution in [-0.4, -0.2) is 26.0 Å². The summed E-state index contributed by atoms with van der Waals surface area (Å²) in [6.45, 7) is 6.94. The lowest BCUT2D eigenvalue weighted by molar-refractivity contribution is 0.580. The van der Waals surface area contributed by atoms with Crippen molar-refractivity contribution in [3.63, 3.8) is 0 Å². The molecular formula is C16H19N5. The fourth-order valence-corrected chi connectivity index (χ4v) is 2.22.